The average molecular weight is 423 g/mol. The molecule has 2 aromatic rings. The van der Waals surface area contributed by atoms with Crippen LogP contribution in [0.25, 0.3) is 10.8 Å². The molecule has 11 heteroatoms. The Balaban J connectivity index is 0.00000182. The van der Waals surface area contributed by atoms with E-state index in [4.69, 9.17) is 10.3 Å². The van der Waals surface area contributed by atoms with Crippen molar-refractivity contribution in [1.29, 1.82) is 0 Å². The van der Waals surface area contributed by atoms with Crippen LogP contribution in [-0.4, -0.2) is 47.5 Å². The Kier molecular flexibility index (Phi) is 5.48. The van der Waals surface area contributed by atoms with Gasteiger partial charge in [-0.3, -0.25) is 0 Å². The standard InChI is InChI=1S/C14H18N4O3S3.ClH/c15-14(3-1-4-14)13-16-12(21-17-13)11-10(2-7-23-11)24(19,20)18-5-8-22-9-6-18;/h2,7H,1,3-6,8-9,15H2;1H. The molecule has 1 saturated heterocycles. The predicted octanol–water partition coefficient (Wildman–Crippen LogP) is 2.30. The summed E-state index contributed by atoms with van der Waals surface area (Å²) in [6.45, 7) is 1.06. The van der Waals surface area contributed by atoms with Gasteiger partial charge in [-0.05, 0) is 30.7 Å². The van der Waals surface area contributed by atoms with Gasteiger partial charge in [0.1, 0.15) is 9.77 Å². The van der Waals surface area contributed by atoms with Crippen molar-refractivity contribution in [3.63, 3.8) is 0 Å². The van der Waals surface area contributed by atoms with Crippen LogP contribution in [0.2, 0.25) is 0 Å². The third kappa shape index (κ3) is 3.35. The molecule has 2 aromatic heterocycles. The molecule has 2 N–H and O–H groups in total. The molecule has 25 heavy (non-hydrogen) atoms. The first-order chi connectivity index (χ1) is 11.5. The van der Waals surface area contributed by atoms with Crippen LogP contribution >= 0.6 is 35.5 Å². The van der Waals surface area contributed by atoms with E-state index in [0.29, 0.717) is 23.8 Å². The number of thiophene rings is 1. The van der Waals surface area contributed by atoms with Crippen molar-refractivity contribution in [2.45, 2.75) is 29.7 Å². The van der Waals surface area contributed by atoms with E-state index in [2.05, 4.69) is 10.1 Å². The number of halogens is 1. The van der Waals surface area contributed by atoms with E-state index < -0.39 is 15.6 Å². The fraction of sp³-hybridized carbons (Fsp3) is 0.571. The predicted molar refractivity (Wildman–Crippen MR) is 101 cm³/mol. The number of nitrogens with two attached hydrogens (primary N) is 1. The number of hydrogen-bond donors (Lipinski definition) is 1. The molecule has 0 amide bonds. The van der Waals surface area contributed by atoms with Gasteiger partial charge in [0.25, 0.3) is 5.89 Å². The van der Waals surface area contributed by atoms with Crippen LogP contribution in [-0.2, 0) is 15.6 Å². The van der Waals surface area contributed by atoms with E-state index in [1.54, 1.807) is 23.2 Å². The molecule has 2 fully saturated rings. The van der Waals surface area contributed by atoms with Gasteiger partial charge in [-0.2, -0.15) is 21.1 Å². The molecule has 2 aliphatic rings. The number of aromatic nitrogens is 2. The number of thioether (sulfide) groups is 1. The van der Waals surface area contributed by atoms with Crippen molar-refractivity contribution < 1.29 is 12.9 Å². The summed E-state index contributed by atoms with van der Waals surface area (Å²) in [5, 5.41) is 5.73. The number of rotatable bonds is 4. The molecule has 1 saturated carbocycles. The summed E-state index contributed by atoms with van der Waals surface area (Å²) >= 11 is 3.06. The first kappa shape index (κ1) is 19.1. The summed E-state index contributed by atoms with van der Waals surface area (Å²) in [5.74, 6) is 2.34. The van der Waals surface area contributed by atoms with Crippen molar-refractivity contribution in [1.82, 2.24) is 14.4 Å². The van der Waals surface area contributed by atoms with Gasteiger partial charge in [0.05, 0.1) is 5.54 Å². The Morgan fingerprint density at radius 1 is 1.28 bits per heavy atom. The third-order valence-electron chi connectivity index (χ3n) is 4.53. The highest BCUT2D eigenvalue weighted by molar-refractivity contribution is 7.99. The van der Waals surface area contributed by atoms with Gasteiger partial charge in [0, 0.05) is 24.6 Å². The summed E-state index contributed by atoms with van der Waals surface area (Å²) in [6, 6.07) is 1.61. The quantitative estimate of drug-likeness (QED) is 0.806. The average Bonchev–Trinajstić information content (AvgIpc) is 3.22. The van der Waals surface area contributed by atoms with E-state index in [-0.39, 0.29) is 23.2 Å². The zero-order chi connectivity index (χ0) is 16.8. The Bertz CT molecular complexity index is 841. The smallest absolute Gasteiger partial charge is 0.269 e. The third-order valence-corrected chi connectivity index (χ3v) is 8.44. The molecule has 1 aliphatic heterocycles. The lowest BCUT2D eigenvalue weighted by Crippen LogP contribution is -2.44. The highest BCUT2D eigenvalue weighted by Crippen LogP contribution is 2.39. The van der Waals surface area contributed by atoms with Gasteiger partial charge in [0.2, 0.25) is 10.0 Å². The summed E-state index contributed by atoms with van der Waals surface area (Å²) in [7, 11) is -3.54. The van der Waals surface area contributed by atoms with Crippen LogP contribution in [0.4, 0.5) is 0 Å². The van der Waals surface area contributed by atoms with Crippen molar-refractivity contribution in [3.8, 4) is 10.8 Å². The largest absolute Gasteiger partial charge is 0.333 e. The minimum absolute atomic E-state index is 0. The van der Waals surface area contributed by atoms with E-state index >= 15 is 0 Å². The van der Waals surface area contributed by atoms with Crippen molar-refractivity contribution in [2.75, 3.05) is 24.6 Å². The van der Waals surface area contributed by atoms with Gasteiger partial charge < -0.3 is 10.3 Å². The monoisotopic (exact) mass is 422 g/mol. The van der Waals surface area contributed by atoms with Crippen LogP contribution in [0, 0.1) is 0 Å². The summed E-state index contributed by atoms with van der Waals surface area (Å²) < 4.78 is 32.7. The Labute approximate surface area is 160 Å². The Hall–Kier alpha value is -0.650. The van der Waals surface area contributed by atoms with E-state index in [1.165, 1.54) is 15.6 Å². The van der Waals surface area contributed by atoms with Crippen LogP contribution in [0.1, 0.15) is 25.1 Å². The summed E-state index contributed by atoms with van der Waals surface area (Å²) in [4.78, 5) is 5.13. The van der Waals surface area contributed by atoms with Crippen molar-refractivity contribution >= 4 is 45.5 Å². The molecule has 7 nitrogen and oxygen atoms in total. The van der Waals surface area contributed by atoms with Crippen LogP contribution in [0.5, 0.6) is 0 Å². The Morgan fingerprint density at radius 2 is 2.00 bits per heavy atom. The second-order valence-electron chi connectivity index (χ2n) is 6.06. The lowest BCUT2D eigenvalue weighted by molar-refractivity contribution is 0.229. The van der Waals surface area contributed by atoms with E-state index in [1.807, 2.05) is 0 Å². The molecule has 138 valence electrons. The second kappa shape index (κ2) is 7.16. The molecule has 0 radical (unpaired) electrons. The zero-order valence-corrected chi connectivity index (χ0v) is 16.6. The van der Waals surface area contributed by atoms with Gasteiger partial charge in [-0.15, -0.1) is 23.7 Å². The van der Waals surface area contributed by atoms with Crippen molar-refractivity contribution in [3.05, 3.63) is 17.3 Å². The summed E-state index contributed by atoms with van der Waals surface area (Å²) in [5.41, 5.74) is 5.70. The molecule has 3 heterocycles. The van der Waals surface area contributed by atoms with E-state index in [0.717, 1.165) is 30.8 Å². The summed E-state index contributed by atoms with van der Waals surface area (Å²) in [6.07, 6.45) is 2.70. The molecule has 0 bridgehead atoms. The minimum Gasteiger partial charge on any atom is -0.333 e. The highest BCUT2D eigenvalue weighted by Gasteiger charge is 2.40. The molecule has 0 unspecified atom stereocenters. The second-order valence-corrected chi connectivity index (χ2v) is 10.1. The van der Waals surface area contributed by atoms with Gasteiger partial charge in [-0.25, -0.2) is 8.42 Å². The highest BCUT2D eigenvalue weighted by atomic mass is 35.5. The lowest BCUT2D eigenvalue weighted by atomic mass is 9.77. The number of nitrogens with zero attached hydrogens (tertiary/aromatic N) is 3. The molecule has 4 rings (SSSR count). The molecule has 0 aromatic carbocycles. The minimum atomic E-state index is -3.54. The normalized spacial score (nSPS) is 20.7. The lowest BCUT2D eigenvalue weighted by Gasteiger charge is -2.34. The van der Waals surface area contributed by atoms with Crippen molar-refractivity contribution in [2.24, 2.45) is 5.73 Å². The topological polar surface area (TPSA) is 102 Å². The maximum Gasteiger partial charge on any atom is 0.269 e. The van der Waals surface area contributed by atoms with Crippen LogP contribution in [0.15, 0.2) is 20.9 Å². The fourth-order valence-electron chi connectivity index (χ4n) is 2.88. The van der Waals surface area contributed by atoms with Crippen LogP contribution in [0.3, 0.4) is 0 Å². The SMILES string of the molecule is Cl.NC1(c2noc(-c3sccc3S(=O)(=O)N3CCSCC3)n2)CCC1. The molecule has 0 spiro atoms. The fourth-order valence-corrected chi connectivity index (χ4v) is 6.77. The molecule has 1 aliphatic carbocycles. The molecular formula is C14H19ClN4O3S3. The van der Waals surface area contributed by atoms with E-state index in [9.17, 15) is 8.42 Å². The van der Waals surface area contributed by atoms with Gasteiger partial charge in [0.15, 0.2) is 5.82 Å². The number of sulfonamides is 1. The maximum atomic E-state index is 12.9. The van der Waals surface area contributed by atoms with Gasteiger partial charge >= 0.3 is 0 Å². The van der Waals surface area contributed by atoms with Gasteiger partial charge in [-0.1, -0.05) is 5.16 Å². The molecular weight excluding hydrogens is 404 g/mol. The van der Waals surface area contributed by atoms with Crippen LogP contribution < -0.4 is 5.73 Å². The number of hydrogen-bond acceptors (Lipinski definition) is 8. The molecule has 0 atom stereocenters. The first-order valence-electron chi connectivity index (χ1n) is 7.79. The Morgan fingerprint density at radius 3 is 2.64 bits per heavy atom. The first-order valence-corrected chi connectivity index (χ1v) is 11.3. The maximum absolute atomic E-state index is 12.9. The zero-order valence-electron chi connectivity index (χ0n) is 13.4.